The number of allylic oxidation sites excluding steroid dienone is 1. The van der Waals surface area contributed by atoms with Crippen molar-refractivity contribution in [1.82, 2.24) is 4.57 Å². The van der Waals surface area contributed by atoms with Crippen LogP contribution in [0.1, 0.15) is 45.2 Å². The summed E-state index contributed by atoms with van der Waals surface area (Å²) in [7, 11) is 2.00. The molecule has 3 nitrogen and oxygen atoms in total. The Morgan fingerprint density at radius 2 is 2.19 bits per heavy atom. The molecule has 2 aliphatic carbocycles. The molecule has 2 aliphatic rings. The summed E-state index contributed by atoms with van der Waals surface area (Å²) in [5, 5.41) is 10.1. The van der Waals surface area contributed by atoms with Gasteiger partial charge >= 0.3 is 0 Å². The minimum absolute atomic E-state index is 0.226. The van der Waals surface area contributed by atoms with Crippen LogP contribution < -0.4 is 0 Å². The SMILES string of the molecule is C[C@@H]1C(O)CC[C@]2(C)C(=O)C(=Cc3cccn3C)CCC12. The fourth-order valence-electron chi connectivity index (χ4n) is 4.34. The minimum atomic E-state index is -0.284. The molecule has 114 valence electrons. The lowest BCUT2D eigenvalue weighted by Gasteiger charge is -2.49. The number of nitrogens with zero attached hydrogens (tertiary/aromatic N) is 1. The summed E-state index contributed by atoms with van der Waals surface area (Å²) in [6.07, 6.45) is 7.22. The molecule has 0 saturated heterocycles. The Kier molecular flexibility index (Phi) is 3.56. The third-order valence-corrected chi connectivity index (χ3v) is 5.86. The maximum absolute atomic E-state index is 13.0. The molecule has 0 aromatic carbocycles. The summed E-state index contributed by atoms with van der Waals surface area (Å²) in [6, 6.07) is 4.05. The van der Waals surface area contributed by atoms with E-state index in [2.05, 4.69) is 19.9 Å². The topological polar surface area (TPSA) is 42.2 Å². The smallest absolute Gasteiger partial charge is 0.165 e. The summed E-state index contributed by atoms with van der Waals surface area (Å²) in [5.74, 6) is 0.849. The summed E-state index contributed by atoms with van der Waals surface area (Å²) in [5.41, 5.74) is 1.76. The summed E-state index contributed by atoms with van der Waals surface area (Å²) < 4.78 is 2.04. The van der Waals surface area contributed by atoms with Crippen molar-refractivity contribution in [2.24, 2.45) is 24.3 Å². The number of aromatic nitrogens is 1. The Morgan fingerprint density at radius 3 is 2.86 bits per heavy atom. The molecule has 0 amide bonds. The van der Waals surface area contributed by atoms with Crippen LogP contribution in [-0.4, -0.2) is 21.6 Å². The molecule has 4 atom stereocenters. The lowest BCUT2D eigenvalue weighted by Crippen LogP contribution is -2.50. The van der Waals surface area contributed by atoms with Gasteiger partial charge in [-0.3, -0.25) is 4.79 Å². The van der Waals surface area contributed by atoms with Crippen molar-refractivity contribution in [3.05, 3.63) is 29.6 Å². The number of aryl methyl sites for hydroxylation is 1. The average molecular weight is 287 g/mol. The molecule has 2 fully saturated rings. The number of fused-ring (bicyclic) bond motifs is 1. The maximum atomic E-state index is 13.0. The van der Waals surface area contributed by atoms with Gasteiger partial charge in [-0.25, -0.2) is 0 Å². The van der Waals surface area contributed by atoms with Crippen molar-refractivity contribution < 1.29 is 9.90 Å². The Morgan fingerprint density at radius 1 is 1.43 bits per heavy atom. The first kappa shape index (κ1) is 14.6. The fourth-order valence-corrected chi connectivity index (χ4v) is 4.34. The fraction of sp³-hybridized carbons (Fsp3) is 0.611. The van der Waals surface area contributed by atoms with Gasteiger partial charge < -0.3 is 9.67 Å². The van der Waals surface area contributed by atoms with Crippen molar-refractivity contribution >= 4 is 11.9 Å². The van der Waals surface area contributed by atoms with Crippen LogP contribution in [0.4, 0.5) is 0 Å². The van der Waals surface area contributed by atoms with Crippen molar-refractivity contribution in [3.63, 3.8) is 0 Å². The molecular weight excluding hydrogens is 262 g/mol. The largest absolute Gasteiger partial charge is 0.393 e. The van der Waals surface area contributed by atoms with E-state index in [9.17, 15) is 9.90 Å². The second-order valence-corrected chi connectivity index (χ2v) is 7.07. The molecule has 3 rings (SSSR count). The van der Waals surface area contributed by atoms with Gasteiger partial charge in [0.05, 0.1) is 6.10 Å². The number of aliphatic hydroxyl groups is 1. The van der Waals surface area contributed by atoms with Gasteiger partial charge in [0.1, 0.15) is 0 Å². The predicted molar refractivity (Wildman–Crippen MR) is 83.6 cm³/mol. The summed E-state index contributed by atoms with van der Waals surface area (Å²) in [4.78, 5) is 13.0. The molecule has 3 heteroatoms. The van der Waals surface area contributed by atoms with Crippen LogP contribution in [0, 0.1) is 17.3 Å². The van der Waals surface area contributed by atoms with Crippen molar-refractivity contribution in [2.45, 2.75) is 45.6 Å². The molecule has 2 saturated carbocycles. The monoisotopic (exact) mass is 287 g/mol. The molecule has 0 radical (unpaired) electrons. The molecule has 0 spiro atoms. The van der Waals surface area contributed by atoms with Gasteiger partial charge in [-0.2, -0.15) is 0 Å². The van der Waals surface area contributed by atoms with Crippen LogP contribution in [0.5, 0.6) is 0 Å². The average Bonchev–Trinajstić information content (AvgIpc) is 2.85. The van der Waals surface area contributed by atoms with Crippen LogP contribution in [0.2, 0.25) is 0 Å². The highest BCUT2D eigenvalue weighted by Crippen LogP contribution is 2.52. The third-order valence-electron chi connectivity index (χ3n) is 5.86. The van der Waals surface area contributed by atoms with Gasteiger partial charge in [-0.1, -0.05) is 13.8 Å². The second-order valence-electron chi connectivity index (χ2n) is 7.07. The van der Waals surface area contributed by atoms with Crippen molar-refractivity contribution in [3.8, 4) is 0 Å². The van der Waals surface area contributed by atoms with Gasteiger partial charge in [0.15, 0.2) is 5.78 Å². The first-order chi connectivity index (χ1) is 9.93. The van der Waals surface area contributed by atoms with E-state index < -0.39 is 0 Å². The first-order valence-electron chi connectivity index (χ1n) is 7.98. The second kappa shape index (κ2) is 5.13. The number of carbonyl (C=O) groups excluding carboxylic acids is 1. The Balaban J connectivity index is 1.92. The highest BCUT2D eigenvalue weighted by molar-refractivity contribution is 6.04. The van der Waals surface area contributed by atoms with Gasteiger partial charge in [-0.15, -0.1) is 0 Å². The molecule has 21 heavy (non-hydrogen) atoms. The van der Waals surface area contributed by atoms with E-state index in [4.69, 9.17) is 0 Å². The maximum Gasteiger partial charge on any atom is 0.165 e. The van der Waals surface area contributed by atoms with Gasteiger partial charge in [-0.05, 0) is 61.3 Å². The molecule has 1 heterocycles. The summed E-state index contributed by atoms with van der Waals surface area (Å²) >= 11 is 0. The van der Waals surface area contributed by atoms with Crippen LogP contribution in [0.3, 0.4) is 0 Å². The van der Waals surface area contributed by atoms with E-state index in [-0.39, 0.29) is 17.4 Å². The highest BCUT2D eigenvalue weighted by Gasteiger charge is 2.51. The lowest BCUT2D eigenvalue weighted by molar-refractivity contribution is -0.137. The van der Waals surface area contributed by atoms with Crippen LogP contribution in [0.25, 0.3) is 6.08 Å². The first-order valence-corrected chi connectivity index (χ1v) is 7.98. The predicted octanol–water partition coefficient (Wildman–Crippen LogP) is 3.18. The number of Topliss-reactive ketones (excluding diaryl/α,β-unsaturated/α-hetero) is 1. The van der Waals surface area contributed by atoms with Crippen molar-refractivity contribution in [2.75, 3.05) is 0 Å². The minimum Gasteiger partial charge on any atom is -0.393 e. The molecular formula is C18H25NO2. The van der Waals surface area contributed by atoms with Crippen LogP contribution >= 0.6 is 0 Å². The van der Waals surface area contributed by atoms with E-state index in [0.717, 1.165) is 37.0 Å². The number of hydrogen-bond acceptors (Lipinski definition) is 2. The molecule has 2 unspecified atom stereocenters. The number of carbonyl (C=O) groups is 1. The lowest BCUT2D eigenvalue weighted by atomic mass is 9.55. The standard InChI is InChI=1S/C18H25NO2/c1-12-15-7-6-13(11-14-5-4-10-19(14)3)17(21)18(15,2)9-8-16(12)20/h4-5,10-12,15-16,20H,6-9H2,1-3H3/t12-,15?,16?,18-/m0/s1. The Labute approximate surface area is 126 Å². The van der Waals surface area contributed by atoms with E-state index in [0.29, 0.717) is 11.7 Å². The number of aliphatic hydroxyl groups excluding tert-OH is 1. The zero-order chi connectivity index (χ0) is 15.2. The van der Waals surface area contributed by atoms with E-state index in [1.54, 1.807) is 0 Å². The van der Waals surface area contributed by atoms with Gasteiger partial charge in [0.2, 0.25) is 0 Å². The van der Waals surface area contributed by atoms with Crippen LogP contribution in [-0.2, 0) is 11.8 Å². The van der Waals surface area contributed by atoms with Gasteiger partial charge in [0.25, 0.3) is 0 Å². The zero-order valence-corrected chi connectivity index (χ0v) is 13.2. The Bertz CT molecular complexity index is 586. The van der Waals surface area contributed by atoms with Crippen molar-refractivity contribution in [1.29, 1.82) is 0 Å². The number of hydrogen-bond donors (Lipinski definition) is 1. The molecule has 0 bridgehead atoms. The van der Waals surface area contributed by atoms with E-state index in [1.807, 2.05) is 29.9 Å². The zero-order valence-electron chi connectivity index (χ0n) is 13.2. The van der Waals surface area contributed by atoms with Crippen LogP contribution in [0.15, 0.2) is 23.9 Å². The molecule has 1 N–H and O–H groups in total. The molecule has 1 aromatic heterocycles. The molecule has 0 aliphatic heterocycles. The third kappa shape index (κ3) is 2.28. The summed E-state index contributed by atoms with van der Waals surface area (Å²) in [6.45, 7) is 4.21. The van der Waals surface area contributed by atoms with E-state index in [1.165, 1.54) is 0 Å². The highest BCUT2D eigenvalue weighted by atomic mass is 16.3. The number of rotatable bonds is 1. The molecule has 1 aromatic rings. The van der Waals surface area contributed by atoms with Gasteiger partial charge in [0, 0.05) is 24.4 Å². The quantitative estimate of drug-likeness (QED) is 0.806. The van der Waals surface area contributed by atoms with E-state index >= 15 is 0 Å². The normalized spacial score (nSPS) is 38.6. The number of ketones is 1. The Hall–Kier alpha value is -1.35.